The van der Waals surface area contributed by atoms with Crippen LogP contribution in [0.15, 0.2) is 24.3 Å². The highest BCUT2D eigenvalue weighted by Crippen LogP contribution is 2.26. The summed E-state index contributed by atoms with van der Waals surface area (Å²) < 4.78 is 11.3. The number of ether oxygens (including phenoxy) is 2. The third-order valence-electron chi connectivity index (χ3n) is 3.44. The molecule has 1 saturated heterocycles. The Balaban J connectivity index is 2.03. The van der Waals surface area contributed by atoms with Gasteiger partial charge in [0.1, 0.15) is 5.75 Å². The van der Waals surface area contributed by atoms with Crippen molar-refractivity contribution in [2.24, 2.45) is 0 Å². The quantitative estimate of drug-likeness (QED) is 0.841. The Kier molecular flexibility index (Phi) is 5.02. The van der Waals surface area contributed by atoms with Crippen molar-refractivity contribution < 1.29 is 9.47 Å². The van der Waals surface area contributed by atoms with Crippen LogP contribution < -0.4 is 10.1 Å². The topological polar surface area (TPSA) is 30.5 Å². The summed E-state index contributed by atoms with van der Waals surface area (Å²) in [5, 5.41) is 3.38. The van der Waals surface area contributed by atoms with Crippen molar-refractivity contribution in [2.45, 2.75) is 38.3 Å². The summed E-state index contributed by atoms with van der Waals surface area (Å²) in [6, 6.07) is 8.68. The smallest absolute Gasteiger partial charge is 0.119 e. The zero-order valence-corrected chi connectivity index (χ0v) is 11.3. The van der Waals surface area contributed by atoms with Crippen LogP contribution in [0.1, 0.15) is 37.8 Å². The van der Waals surface area contributed by atoms with E-state index >= 15 is 0 Å². The maximum atomic E-state index is 5.71. The Hall–Kier alpha value is -1.06. The van der Waals surface area contributed by atoms with Crippen molar-refractivity contribution in [3.63, 3.8) is 0 Å². The first-order valence-electron chi connectivity index (χ1n) is 6.85. The van der Waals surface area contributed by atoms with E-state index in [1.807, 2.05) is 20.0 Å². The van der Waals surface area contributed by atoms with Crippen LogP contribution in [0.25, 0.3) is 0 Å². The molecule has 0 saturated carbocycles. The fourth-order valence-corrected chi connectivity index (χ4v) is 2.50. The van der Waals surface area contributed by atoms with E-state index in [0.717, 1.165) is 18.8 Å². The Morgan fingerprint density at radius 2 is 2.39 bits per heavy atom. The van der Waals surface area contributed by atoms with Crippen molar-refractivity contribution in [1.29, 1.82) is 0 Å². The Labute approximate surface area is 109 Å². The molecule has 3 nitrogen and oxygen atoms in total. The molecule has 0 aliphatic carbocycles. The van der Waals surface area contributed by atoms with Crippen LogP contribution in [0, 0.1) is 0 Å². The van der Waals surface area contributed by atoms with Crippen molar-refractivity contribution >= 4 is 0 Å². The Bertz CT molecular complexity index is 361. The van der Waals surface area contributed by atoms with E-state index in [9.17, 15) is 0 Å². The molecule has 3 heteroatoms. The van der Waals surface area contributed by atoms with Gasteiger partial charge in [0, 0.05) is 12.6 Å². The maximum Gasteiger partial charge on any atom is 0.119 e. The Morgan fingerprint density at radius 1 is 1.50 bits per heavy atom. The van der Waals surface area contributed by atoms with Gasteiger partial charge in [0.15, 0.2) is 0 Å². The fourth-order valence-electron chi connectivity index (χ4n) is 2.50. The molecule has 0 bridgehead atoms. The standard InChI is InChI=1S/C15H23NO2/c1-3-17-13-7-4-6-12(10-13)15(16-2)11-14-8-5-9-18-14/h4,6-7,10,14-16H,3,5,8-9,11H2,1-2H3. The minimum absolute atomic E-state index is 0.341. The normalized spacial score (nSPS) is 20.9. The lowest BCUT2D eigenvalue weighted by atomic mass is 9.99. The number of benzene rings is 1. The molecule has 2 atom stereocenters. The van der Waals surface area contributed by atoms with Gasteiger partial charge in [-0.05, 0) is 50.9 Å². The van der Waals surface area contributed by atoms with Crippen LogP contribution in [0.2, 0.25) is 0 Å². The molecule has 1 aliphatic rings. The summed E-state index contributed by atoms with van der Waals surface area (Å²) in [6.07, 6.45) is 3.81. The van der Waals surface area contributed by atoms with Crippen LogP contribution in [0.3, 0.4) is 0 Å². The molecule has 0 radical (unpaired) electrons. The van der Waals surface area contributed by atoms with E-state index in [0.29, 0.717) is 18.8 Å². The molecule has 2 unspecified atom stereocenters. The molecular formula is C15H23NO2. The second-order valence-electron chi connectivity index (χ2n) is 4.72. The van der Waals surface area contributed by atoms with Gasteiger partial charge in [-0.3, -0.25) is 0 Å². The van der Waals surface area contributed by atoms with Crippen LogP contribution in [0.4, 0.5) is 0 Å². The molecule has 1 N–H and O–H groups in total. The van der Waals surface area contributed by atoms with Crippen LogP contribution >= 0.6 is 0 Å². The van der Waals surface area contributed by atoms with Crippen LogP contribution in [0.5, 0.6) is 5.75 Å². The molecule has 0 amide bonds. The van der Waals surface area contributed by atoms with Crippen molar-refractivity contribution in [3.8, 4) is 5.75 Å². The first kappa shape index (κ1) is 13.4. The zero-order valence-electron chi connectivity index (χ0n) is 11.3. The third kappa shape index (κ3) is 3.47. The summed E-state index contributed by atoms with van der Waals surface area (Å²) in [5.74, 6) is 0.947. The zero-order chi connectivity index (χ0) is 12.8. The van der Waals surface area contributed by atoms with Crippen LogP contribution in [-0.2, 0) is 4.74 Å². The van der Waals surface area contributed by atoms with Crippen molar-refractivity contribution in [2.75, 3.05) is 20.3 Å². The molecule has 0 spiro atoms. The summed E-state index contributed by atoms with van der Waals surface area (Å²) >= 11 is 0. The number of rotatable bonds is 6. The van der Waals surface area contributed by atoms with Gasteiger partial charge in [-0.1, -0.05) is 12.1 Å². The van der Waals surface area contributed by atoms with E-state index in [2.05, 4.69) is 23.5 Å². The van der Waals surface area contributed by atoms with Gasteiger partial charge < -0.3 is 14.8 Å². The minimum Gasteiger partial charge on any atom is -0.494 e. The predicted octanol–water partition coefficient (Wildman–Crippen LogP) is 2.91. The fraction of sp³-hybridized carbons (Fsp3) is 0.600. The average molecular weight is 249 g/mol. The highest BCUT2D eigenvalue weighted by atomic mass is 16.5. The highest BCUT2D eigenvalue weighted by Gasteiger charge is 2.21. The molecule has 100 valence electrons. The number of nitrogens with one attached hydrogen (secondary N) is 1. The van der Waals surface area contributed by atoms with Gasteiger partial charge in [-0.15, -0.1) is 0 Å². The van der Waals surface area contributed by atoms with Gasteiger partial charge in [0.25, 0.3) is 0 Å². The lowest BCUT2D eigenvalue weighted by molar-refractivity contribution is 0.0953. The van der Waals surface area contributed by atoms with E-state index in [4.69, 9.17) is 9.47 Å². The minimum atomic E-state index is 0.341. The molecule has 1 fully saturated rings. The molecule has 1 aliphatic heterocycles. The third-order valence-corrected chi connectivity index (χ3v) is 3.44. The number of hydrogen-bond donors (Lipinski definition) is 1. The van der Waals surface area contributed by atoms with E-state index in [1.54, 1.807) is 0 Å². The molecule has 18 heavy (non-hydrogen) atoms. The molecule has 1 aromatic carbocycles. The molecular weight excluding hydrogens is 226 g/mol. The summed E-state index contributed by atoms with van der Waals surface area (Å²) in [7, 11) is 2.01. The lowest BCUT2D eigenvalue weighted by Crippen LogP contribution is -2.22. The lowest BCUT2D eigenvalue weighted by Gasteiger charge is -2.20. The summed E-state index contributed by atoms with van der Waals surface area (Å²) in [4.78, 5) is 0. The van der Waals surface area contributed by atoms with Gasteiger partial charge in [-0.2, -0.15) is 0 Å². The SMILES string of the molecule is CCOc1cccc(C(CC2CCCO2)NC)c1. The number of hydrogen-bond acceptors (Lipinski definition) is 3. The van der Waals surface area contributed by atoms with E-state index < -0.39 is 0 Å². The van der Waals surface area contributed by atoms with Gasteiger partial charge in [0.05, 0.1) is 12.7 Å². The molecule has 1 aromatic rings. The largest absolute Gasteiger partial charge is 0.494 e. The van der Waals surface area contributed by atoms with E-state index in [-0.39, 0.29) is 0 Å². The average Bonchev–Trinajstić information content (AvgIpc) is 2.89. The monoisotopic (exact) mass is 249 g/mol. The second-order valence-corrected chi connectivity index (χ2v) is 4.72. The Morgan fingerprint density at radius 3 is 3.06 bits per heavy atom. The van der Waals surface area contributed by atoms with Gasteiger partial charge in [0.2, 0.25) is 0 Å². The molecule has 1 heterocycles. The van der Waals surface area contributed by atoms with Crippen molar-refractivity contribution in [3.05, 3.63) is 29.8 Å². The summed E-state index contributed by atoms with van der Waals surface area (Å²) in [6.45, 7) is 3.63. The van der Waals surface area contributed by atoms with Gasteiger partial charge >= 0.3 is 0 Å². The van der Waals surface area contributed by atoms with E-state index in [1.165, 1.54) is 18.4 Å². The highest BCUT2D eigenvalue weighted by molar-refractivity contribution is 5.30. The first-order valence-corrected chi connectivity index (χ1v) is 6.85. The summed E-state index contributed by atoms with van der Waals surface area (Å²) in [5.41, 5.74) is 1.28. The maximum absolute atomic E-state index is 5.71. The first-order chi connectivity index (χ1) is 8.83. The van der Waals surface area contributed by atoms with Gasteiger partial charge in [-0.25, -0.2) is 0 Å². The van der Waals surface area contributed by atoms with Crippen molar-refractivity contribution in [1.82, 2.24) is 5.32 Å². The second kappa shape index (κ2) is 6.76. The molecule has 0 aromatic heterocycles. The van der Waals surface area contributed by atoms with Crippen LogP contribution in [-0.4, -0.2) is 26.4 Å². The predicted molar refractivity (Wildman–Crippen MR) is 73.0 cm³/mol. The molecule has 2 rings (SSSR count).